The quantitative estimate of drug-likeness (QED) is 0.678. The zero-order valence-electron chi connectivity index (χ0n) is 18.2. The molecule has 0 saturated carbocycles. The van der Waals surface area contributed by atoms with Gasteiger partial charge < -0.3 is 14.6 Å². The molecule has 1 aromatic carbocycles. The number of carboxylic acids is 1. The van der Waals surface area contributed by atoms with Crippen molar-refractivity contribution < 1.29 is 27.8 Å². The van der Waals surface area contributed by atoms with Crippen LogP contribution in [0.15, 0.2) is 40.9 Å². The number of carboxylic acid groups (broad SMARTS) is 1. The molecule has 2 heterocycles. The average molecular weight is 447 g/mol. The van der Waals surface area contributed by atoms with E-state index in [1.807, 2.05) is 20.8 Å². The smallest absolute Gasteiger partial charge is 0.332 e. The highest BCUT2D eigenvalue weighted by Gasteiger charge is 2.33. The molecule has 0 amide bonds. The molecule has 0 spiro atoms. The maximum atomic E-state index is 13.2. The molecule has 0 atom stereocenters. The molecule has 8 nitrogen and oxygen atoms in total. The summed E-state index contributed by atoms with van der Waals surface area (Å²) in [5, 5.41) is 9.52. The Morgan fingerprint density at radius 3 is 2.42 bits per heavy atom. The minimum Gasteiger partial charge on any atom is -0.493 e. The van der Waals surface area contributed by atoms with Crippen molar-refractivity contribution >= 4 is 27.9 Å². The van der Waals surface area contributed by atoms with Crippen molar-refractivity contribution in [2.24, 2.45) is 5.41 Å². The highest BCUT2D eigenvalue weighted by molar-refractivity contribution is 7.92. The van der Waals surface area contributed by atoms with E-state index in [0.717, 1.165) is 5.56 Å². The molecule has 1 N–H and O–H groups in total. The van der Waals surface area contributed by atoms with Crippen LogP contribution in [0.4, 0.5) is 5.82 Å². The molecule has 166 valence electrons. The number of fused-ring (bicyclic) bond motifs is 1. The third kappa shape index (κ3) is 4.36. The minimum absolute atomic E-state index is 0.0738. The first kappa shape index (κ1) is 22.6. The fourth-order valence-corrected chi connectivity index (χ4v) is 4.92. The molecule has 1 aliphatic rings. The molecule has 0 saturated heterocycles. The average Bonchev–Trinajstić information content (AvgIpc) is 3.14. The van der Waals surface area contributed by atoms with Crippen LogP contribution in [-0.2, 0) is 21.2 Å². The minimum atomic E-state index is -3.86. The van der Waals surface area contributed by atoms with Gasteiger partial charge >= 0.3 is 5.97 Å². The van der Waals surface area contributed by atoms with Crippen LogP contribution in [0.3, 0.4) is 0 Å². The number of benzene rings is 1. The Labute approximate surface area is 182 Å². The summed E-state index contributed by atoms with van der Waals surface area (Å²) >= 11 is 0. The van der Waals surface area contributed by atoms with E-state index in [0.29, 0.717) is 29.3 Å². The summed E-state index contributed by atoms with van der Waals surface area (Å²) in [5.41, 5.74) is 1.07. The second kappa shape index (κ2) is 8.22. The number of aliphatic carboxylic acids is 1. The van der Waals surface area contributed by atoms with Crippen molar-refractivity contribution in [3.05, 3.63) is 47.2 Å². The van der Waals surface area contributed by atoms with Gasteiger partial charge in [-0.05, 0) is 47.2 Å². The summed E-state index contributed by atoms with van der Waals surface area (Å²) < 4.78 is 38.2. The number of rotatable bonds is 6. The zero-order valence-corrected chi connectivity index (χ0v) is 19.0. The SMILES string of the molecule is COc1ccc(S(=O)(=O)N2CCc3cc(/C=C(/C(=O)O)C(C)(C)C)cnc32)cc1OC. The van der Waals surface area contributed by atoms with Gasteiger partial charge in [-0.2, -0.15) is 0 Å². The van der Waals surface area contributed by atoms with Gasteiger partial charge in [0.05, 0.1) is 19.1 Å². The fourth-order valence-electron chi connectivity index (χ4n) is 3.44. The van der Waals surface area contributed by atoms with Gasteiger partial charge in [-0.1, -0.05) is 20.8 Å². The zero-order chi connectivity index (χ0) is 23.0. The molecule has 1 aromatic heterocycles. The first-order chi connectivity index (χ1) is 14.5. The van der Waals surface area contributed by atoms with E-state index in [1.54, 1.807) is 18.2 Å². The number of methoxy groups -OCH3 is 2. The molecule has 1 aliphatic heterocycles. The molecule has 9 heteroatoms. The topological polar surface area (TPSA) is 106 Å². The lowest BCUT2D eigenvalue weighted by Crippen LogP contribution is -2.29. The molecule has 3 rings (SSSR count). The normalized spacial score (nSPS) is 14.4. The lowest BCUT2D eigenvalue weighted by Gasteiger charge is -2.20. The summed E-state index contributed by atoms with van der Waals surface area (Å²) in [6.07, 6.45) is 3.56. The maximum absolute atomic E-state index is 13.2. The highest BCUT2D eigenvalue weighted by atomic mass is 32.2. The highest BCUT2D eigenvalue weighted by Crippen LogP contribution is 2.36. The predicted octanol–water partition coefficient (Wildman–Crippen LogP) is 3.36. The molecule has 2 aromatic rings. The van der Waals surface area contributed by atoms with Crippen LogP contribution in [0.5, 0.6) is 11.5 Å². The van der Waals surface area contributed by atoms with Crippen molar-refractivity contribution in [3.63, 3.8) is 0 Å². The van der Waals surface area contributed by atoms with Crippen LogP contribution >= 0.6 is 0 Å². The van der Waals surface area contributed by atoms with E-state index < -0.39 is 21.4 Å². The summed E-state index contributed by atoms with van der Waals surface area (Å²) in [4.78, 5) is 16.1. The van der Waals surface area contributed by atoms with Crippen LogP contribution in [0, 0.1) is 5.41 Å². The van der Waals surface area contributed by atoms with Crippen molar-refractivity contribution in [3.8, 4) is 11.5 Å². The number of anilines is 1. The standard InChI is InChI=1S/C22H26N2O6S/c1-22(2,3)17(21(25)26)11-14-10-15-8-9-24(20(15)23-13-14)31(27,28)16-6-7-18(29-4)19(12-16)30-5/h6-7,10-13H,8-9H2,1-5H3,(H,25,26)/b17-11-. The Hall–Kier alpha value is -3.07. The molecule has 31 heavy (non-hydrogen) atoms. The predicted molar refractivity (Wildman–Crippen MR) is 117 cm³/mol. The van der Waals surface area contributed by atoms with Crippen molar-refractivity contribution in [2.75, 3.05) is 25.1 Å². The lowest BCUT2D eigenvalue weighted by molar-refractivity contribution is -0.133. The number of nitrogens with zero attached hydrogens (tertiary/aromatic N) is 2. The second-order valence-electron chi connectivity index (χ2n) is 8.21. The van der Waals surface area contributed by atoms with Gasteiger partial charge in [0.25, 0.3) is 10.0 Å². The third-order valence-electron chi connectivity index (χ3n) is 5.08. The van der Waals surface area contributed by atoms with Gasteiger partial charge in [0.1, 0.15) is 5.82 Å². The monoisotopic (exact) mass is 446 g/mol. The molecule has 0 fully saturated rings. The van der Waals surface area contributed by atoms with E-state index in [1.165, 1.54) is 36.9 Å². The molecule has 0 unspecified atom stereocenters. The van der Waals surface area contributed by atoms with E-state index >= 15 is 0 Å². The van der Waals surface area contributed by atoms with Gasteiger partial charge in [-0.15, -0.1) is 0 Å². The Balaban J connectivity index is 1.98. The molecule has 0 aliphatic carbocycles. The second-order valence-corrected chi connectivity index (χ2v) is 10.1. The summed E-state index contributed by atoms with van der Waals surface area (Å²) in [5.74, 6) is 0.107. The molecule has 0 bridgehead atoms. The van der Waals surface area contributed by atoms with Crippen LogP contribution in [0.25, 0.3) is 6.08 Å². The fraction of sp³-hybridized carbons (Fsp3) is 0.364. The molecular formula is C22H26N2O6S. The number of pyridine rings is 1. The van der Waals surface area contributed by atoms with Crippen LogP contribution in [0.2, 0.25) is 0 Å². The van der Waals surface area contributed by atoms with Gasteiger partial charge in [0.2, 0.25) is 0 Å². The van der Waals surface area contributed by atoms with E-state index in [2.05, 4.69) is 4.98 Å². The number of ether oxygens (including phenoxy) is 2. The Morgan fingerprint density at radius 2 is 1.84 bits per heavy atom. The van der Waals surface area contributed by atoms with Crippen LogP contribution in [0.1, 0.15) is 31.9 Å². The summed E-state index contributed by atoms with van der Waals surface area (Å²) in [6, 6.07) is 6.23. The summed E-state index contributed by atoms with van der Waals surface area (Å²) in [6.45, 7) is 5.72. The third-order valence-corrected chi connectivity index (χ3v) is 6.86. The van der Waals surface area contributed by atoms with Crippen molar-refractivity contribution in [1.82, 2.24) is 4.98 Å². The first-order valence-corrected chi connectivity index (χ1v) is 11.1. The van der Waals surface area contributed by atoms with Gasteiger partial charge in [-0.25, -0.2) is 22.5 Å². The van der Waals surface area contributed by atoms with Crippen LogP contribution in [-0.4, -0.2) is 45.2 Å². The largest absolute Gasteiger partial charge is 0.493 e. The lowest BCUT2D eigenvalue weighted by atomic mass is 9.85. The first-order valence-electron chi connectivity index (χ1n) is 9.68. The van der Waals surface area contributed by atoms with E-state index in [4.69, 9.17) is 9.47 Å². The van der Waals surface area contributed by atoms with Crippen LogP contribution < -0.4 is 13.8 Å². The van der Waals surface area contributed by atoms with E-state index in [9.17, 15) is 18.3 Å². The number of hydrogen-bond acceptors (Lipinski definition) is 6. The Morgan fingerprint density at radius 1 is 1.16 bits per heavy atom. The van der Waals surface area contributed by atoms with Gasteiger partial charge in [-0.3, -0.25) is 0 Å². The maximum Gasteiger partial charge on any atom is 0.332 e. The molecular weight excluding hydrogens is 420 g/mol. The molecule has 0 radical (unpaired) electrons. The Bertz CT molecular complexity index is 1150. The van der Waals surface area contributed by atoms with Gasteiger partial charge in [0, 0.05) is 24.4 Å². The van der Waals surface area contributed by atoms with Gasteiger partial charge in [0.15, 0.2) is 11.5 Å². The number of sulfonamides is 1. The number of carbonyl (C=O) groups is 1. The number of hydrogen-bond donors (Lipinski definition) is 1. The number of aromatic nitrogens is 1. The van der Waals surface area contributed by atoms with E-state index in [-0.39, 0.29) is 17.0 Å². The van der Waals surface area contributed by atoms with Crippen molar-refractivity contribution in [1.29, 1.82) is 0 Å². The summed E-state index contributed by atoms with van der Waals surface area (Å²) in [7, 11) is -0.933. The van der Waals surface area contributed by atoms with Crippen molar-refractivity contribution in [2.45, 2.75) is 32.1 Å². The Kier molecular flexibility index (Phi) is 6.00.